The predicted octanol–water partition coefficient (Wildman–Crippen LogP) is 3.37. The summed E-state index contributed by atoms with van der Waals surface area (Å²) in [6, 6.07) is 4.19. The highest BCUT2D eigenvalue weighted by molar-refractivity contribution is 9.10. The van der Waals surface area contributed by atoms with Crippen LogP contribution in [-0.4, -0.2) is 14.8 Å². The lowest BCUT2D eigenvalue weighted by molar-refractivity contribution is 0.532. The summed E-state index contributed by atoms with van der Waals surface area (Å²) in [4.78, 5) is 4.23. The number of nitrogens with one attached hydrogen (secondary N) is 1. The Hall–Kier alpha value is -1.36. The van der Waals surface area contributed by atoms with Gasteiger partial charge in [0.25, 0.3) is 0 Å². The molecular formula is C11H13BrN4. The molecule has 0 spiro atoms. The molecular weight excluding hydrogens is 268 g/mol. The molecule has 5 heteroatoms. The number of aromatic nitrogens is 3. The number of nitrogens with zero attached hydrogens (tertiary/aromatic N) is 3. The first kappa shape index (κ1) is 11.1. The van der Waals surface area contributed by atoms with Gasteiger partial charge in [-0.25, -0.2) is 4.98 Å². The van der Waals surface area contributed by atoms with Gasteiger partial charge in [0.1, 0.15) is 5.82 Å². The molecule has 2 heterocycles. The maximum Gasteiger partial charge on any atom is 0.144 e. The van der Waals surface area contributed by atoms with Gasteiger partial charge in [-0.15, -0.1) is 0 Å². The van der Waals surface area contributed by atoms with Crippen molar-refractivity contribution in [3.05, 3.63) is 35.2 Å². The summed E-state index contributed by atoms with van der Waals surface area (Å²) < 4.78 is 2.84. The Bertz CT molecular complexity index is 478. The maximum atomic E-state index is 4.25. The van der Waals surface area contributed by atoms with Crippen LogP contribution in [0.3, 0.4) is 0 Å². The largest absolute Gasteiger partial charge is 0.337 e. The zero-order valence-corrected chi connectivity index (χ0v) is 10.8. The van der Waals surface area contributed by atoms with Crippen LogP contribution >= 0.6 is 15.9 Å². The molecule has 0 saturated carbocycles. The third kappa shape index (κ3) is 2.41. The topological polar surface area (TPSA) is 42.7 Å². The summed E-state index contributed by atoms with van der Waals surface area (Å²) >= 11 is 3.44. The molecule has 0 aliphatic rings. The summed E-state index contributed by atoms with van der Waals surface area (Å²) in [6.07, 6.45) is 5.51. The molecule has 4 nitrogen and oxygen atoms in total. The average molecular weight is 281 g/mol. The molecule has 0 aromatic carbocycles. The van der Waals surface area contributed by atoms with E-state index < -0.39 is 0 Å². The summed E-state index contributed by atoms with van der Waals surface area (Å²) in [7, 11) is 0. The normalized spacial score (nSPS) is 10.8. The Morgan fingerprint density at radius 3 is 2.88 bits per heavy atom. The lowest BCUT2D eigenvalue weighted by Crippen LogP contribution is -2.00. The minimum atomic E-state index is 0.364. The number of anilines is 2. The fraction of sp³-hybridized carbons (Fsp3) is 0.273. The summed E-state index contributed by atoms with van der Waals surface area (Å²) in [5, 5.41) is 7.46. The minimum Gasteiger partial charge on any atom is -0.337 e. The van der Waals surface area contributed by atoms with Gasteiger partial charge in [-0.3, -0.25) is 4.68 Å². The van der Waals surface area contributed by atoms with Gasteiger partial charge in [0.2, 0.25) is 0 Å². The van der Waals surface area contributed by atoms with Crippen molar-refractivity contribution in [1.82, 2.24) is 14.8 Å². The van der Waals surface area contributed by atoms with Crippen LogP contribution in [0, 0.1) is 0 Å². The van der Waals surface area contributed by atoms with Crippen LogP contribution < -0.4 is 5.32 Å². The minimum absolute atomic E-state index is 0.364. The SMILES string of the molecule is CC(C)n1cc(Nc2ncccc2Br)cn1. The van der Waals surface area contributed by atoms with Gasteiger partial charge in [0.05, 0.1) is 16.4 Å². The molecule has 16 heavy (non-hydrogen) atoms. The number of rotatable bonds is 3. The second-order valence-electron chi connectivity index (χ2n) is 3.76. The number of pyridine rings is 1. The molecule has 0 aliphatic carbocycles. The van der Waals surface area contributed by atoms with E-state index >= 15 is 0 Å². The molecule has 2 aromatic heterocycles. The van der Waals surface area contributed by atoms with Crippen LogP contribution in [0.5, 0.6) is 0 Å². The number of hydrogen-bond acceptors (Lipinski definition) is 3. The fourth-order valence-electron chi connectivity index (χ4n) is 1.30. The van der Waals surface area contributed by atoms with Gasteiger partial charge in [-0.2, -0.15) is 5.10 Å². The molecule has 0 bridgehead atoms. The first-order chi connectivity index (χ1) is 7.66. The van der Waals surface area contributed by atoms with Crippen LogP contribution in [0.1, 0.15) is 19.9 Å². The Kier molecular flexibility index (Phi) is 3.24. The summed E-state index contributed by atoms with van der Waals surface area (Å²) in [5.41, 5.74) is 0.938. The highest BCUT2D eigenvalue weighted by Crippen LogP contribution is 2.22. The van der Waals surface area contributed by atoms with E-state index in [1.54, 1.807) is 12.4 Å². The zero-order chi connectivity index (χ0) is 11.5. The Morgan fingerprint density at radius 1 is 1.44 bits per heavy atom. The van der Waals surface area contributed by atoms with E-state index in [0.29, 0.717) is 6.04 Å². The average Bonchev–Trinajstić information content (AvgIpc) is 2.70. The van der Waals surface area contributed by atoms with Crippen LogP contribution in [0.15, 0.2) is 35.2 Å². The molecule has 0 radical (unpaired) electrons. The van der Waals surface area contributed by atoms with Crippen LogP contribution in [0.4, 0.5) is 11.5 Å². The molecule has 0 aliphatic heterocycles. The molecule has 2 aromatic rings. The molecule has 0 unspecified atom stereocenters. The lowest BCUT2D eigenvalue weighted by atomic mass is 10.4. The van der Waals surface area contributed by atoms with Crippen LogP contribution in [-0.2, 0) is 0 Å². The highest BCUT2D eigenvalue weighted by atomic mass is 79.9. The van der Waals surface area contributed by atoms with E-state index in [4.69, 9.17) is 0 Å². The third-order valence-electron chi connectivity index (χ3n) is 2.15. The standard InChI is InChI=1S/C11H13BrN4/c1-8(2)16-7-9(6-14-16)15-11-10(12)4-3-5-13-11/h3-8H,1-2H3,(H,13,15). The van der Waals surface area contributed by atoms with E-state index in [-0.39, 0.29) is 0 Å². The van der Waals surface area contributed by atoms with Crippen molar-refractivity contribution in [3.63, 3.8) is 0 Å². The highest BCUT2D eigenvalue weighted by Gasteiger charge is 2.04. The summed E-state index contributed by atoms with van der Waals surface area (Å²) in [6.45, 7) is 4.18. The Balaban J connectivity index is 2.18. The molecule has 0 amide bonds. The monoisotopic (exact) mass is 280 g/mol. The first-order valence-electron chi connectivity index (χ1n) is 5.08. The Morgan fingerprint density at radius 2 is 2.25 bits per heavy atom. The fourth-order valence-corrected chi connectivity index (χ4v) is 1.65. The van der Waals surface area contributed by atoms with Crippen molar-refractivity contribution in [1.29, 1.82) is 0 Å². The predicted molar refractivity (Wildman–Crippen MR) is 67.8 cm³/mol. The van der Waals surface area contributed by atoms with Crippen molar-refractivity contribution < 1.29 is 0 Å². The second kappa shape index (κ2) is 4.65. The number of hydrogen-bond donors (Lipinski definition) is 1. The first-order valence-corrected chi connectivity index (χ1v) is 5.88. The van der Waals surface area contributed by atoms with Crippen LogP contribution in [0.2, 0.25) is 0 Å². The summed E-state index contributed by atoms with van der Waals surface area (Å²) in [5.74, 6) is 0.797. The van der Waals surface area contributed by atoms with Crippen molar-refractivity contribution in [2.45, 2.75) is 19.9 Å². The van der Waals surface area contributed by atoms with E-state index in [9.17, 15) is 0 Å². The van der Waals surface area contributed by atoms with E-state index in [1.165, 1.54) is 0 Å². The smallest absolute Gasteiger partial charge is 0.144 e. The van der Waals surface area contributed by atoms with E-state index in [2.05, 4.69) is 45.2 Å². The lowest BCUT2D eigenvalue weighted by Gasteiger charge is -2.05. The molecule has 2 rings (SSSR count). The van der Waals surface area contributed by atoms with E-state index in [0.717, 1.165) is 16.0 Å². The van der Waals surface area contributed by atoms with Gasteiger partial charge < -0.3 is 5.32 Å². The zero-order valence-electron chi connectivity index (χ0n) is 9.18. The van der Waals surface area contributed by atoms with Crippen molar-refractivity contribution >= 4 is 27.4 Å². The second-order valence-corrected chi connectivity index (χ2v) is 4.62. The molecule has 1 N–H and O–H groups in total. The Labute approximate surface area is 103 Å². The maximum absolute atomic E-state index is 4.25. The van der Waals surface area contributed by atoms with Crippen molar-refractivity contribution in [2.75, 3.05) is 5.32 Å². The van der Waals surface area contributed by atoms with E-state index in [1.807, 2.05) is 23.0 Å². The molecule has 84 valence electrons. The van der Waals surface area contributed by atoms with Gasteiger partial charge >= 0.3 is 0 Å². The molecule has 0 saturated heterocycles. The van der Waals surface area contributed by atoms with Gasteiger partial charge in [0, 0.05) is 18.4 Å². The quantitative estimate of drug-likeness (QED) is 0.938. The van der Waals surface area contributed by atoms with Gasteiger partial charge in [-0.05, 0) is 41.9 Å². The molecule has 0 fully saturated rings. The van der Waals surface area contributed by atoms with Gasteiger partial charge in [0.15, 0.2) is 0 Å². The number of halogens is 1. The van der Waals surface area contributed by atoms with Crippen molar-refractivity contribution in [3.8, 4) is 0 Å². The molecule has 0 atom stereocenters. The van der Waals surface area contributed by atoms with Crippen molar-refractivity contribution in [2.24, 2.45) is 0 Å². The van der Waals surface area contributed by atoms with Gasteiger partial charge in [-0.1, -0.05) is 0 Å². The third-order valence-corrected chi connectivity index (χ3v) is 2.79. The van der Waals surface area contributed by atoms with Crippen LogP contribution in [0.25, 0.3) is 0 Å².